The number of aromatic nitrogens is 4. The molecule has 3 aromatic carbocycles. The molecule has 2 aromatic heterocycles. The topological polar surface area (TPSA) is 93.8 Å². The Balaban J connectivity index is 1.32. The van der Waals surface area contributed by atoms with Gasteiger partial charge in [0.2, 0.25) is 0 Å². The molecule has 3 heterocycles. The molecule has 0 aliphatic carbocycles. The highest BCUT2D eigenvalue weighted by Crippen LogP contribution is 2.29. The number of hydrogen-bond acceptors (Lipinski definition) is 5. The number of amides is 1. The monoisotopic (exact) mass is 478 g/mol. The van der Waals surface area contributed by atoms with Crippen LogP contribution < -0.4 is 16.2 Å². The number of rotatable bonds is 5. The maximum absolute atomic E-state index is 13.3. The zero-order chi connectivity index (χ0) is 24.8. The lowest BCUT2D eigenvalue weighted by Gasteiger charge is -2.27. The number of nitrogens with zero attached hydrogens (tertiary/aromatic N) is 4. The van der Waals surface area contributed by atoms with Crippen LogP contribution in [0, 0.1) is 12.8 Å². The lowest BCUT2D eigenvalue weighted by Crippen LogP contribution is -2.44. The van der Waals surface area contributed by atoms with Gasteiger partial charge >= 0.3 is 0 Å². The summed E-state index contributed by atoms with van der Waals surface area (Å²) in [5, 5.41) is 17.8. The predicted octanol–water partition coefficient (Wildman–Crippen LogP) is 3.73. The van der Waals surface area contributed by atoms with E-state index in [4.69, 9.17) is 0 Å². The van der Waals surface area contributed by atoms with E-state index in [-0.39, 0.29) is 11.5 Å². The molecular weight excluding hydrogens is 452 g/mol. The fourth-order valence-corrected chi connectivity index (χ4v) is 4.85. The summed E-state index contributed by atoms with van der Waals surface area (Å²) in [6.07, 6.45) is 0. The van der Waals surface area contributed by atoms with Crippen molar-refractivity contribution in [1.29, 1.82) is 0 Å². The molecule has 5 aromatic rings. The number of aryl methyl sites for hydroxylation is 2. The van der Waals surface area contributed by atoms with E-state index < -0.39 is 0 Å². The molecule has 1 aliphatic heterocycles. The Labute approximate surface area is 207 Å². The molecule has 0 bridgehead atoms. The van der Waals surface area contributed by atoms with E-state index in [0.717, 1.165) is 52.7 Å². The molecule has 0 atom stereocenters. The van der Waals surface area contributed by atoms with Gasteiger partial charge in [-0.1, -0.05) is 42.5 Å². The largest absolute Gasteiger partial charge is 0.321 e. The zero-order valence-corrected chi connectivity index (χ0v) is 20.2. The fourth-order valence-electron chi connectivity index (χ4n) is 4.85. The number of hydrogen-bond donors (Lipinski definition) is 2. The summed E-state index contributed by atoms with van der Waals surface area (Å²) in [7, 11) is 1.66. The first kappa shape index (κ1) is 22.2. The van der Waals surface area contributed by atoms with E-state index in [1.165, 1.54) is 4.68 Å². The van der Waals surface area contributed by atoms with Gasteiger partial charge in [0.25, 0.3) is 11.5 Å². The van der Waals surface area contributed by atoms with E-state index in [1.807, 2.05) is 78.3 Å². The SMILES string of the molecule is Cc1cc(NC(=O)c2nn(CC3CNC3)c3ccccc23)ccc1-c1nn(C)c(=O)c2ccccc12. The van der Waals surface area contributed by atoms with Crippen LogP contribution in [0.2, 0.25) is 0 Å². The minimum absolute atomic E-state index is 0.129. The lowest BCUT2D eigenvalue weighted by atomic mass is 10.0. The Morgan fingerprint density at radius 3 is 2.44 bits per heavy atom. The zero-order valence-electron chi connectivity index (χ0n) is 20.2. The number of para-hydroxylation sites is 1. The average Bonchev–Trinajstić information content (AvgIpc) is 3.23. The van der Waals surface area contributed by atoms with Gasteiger partial charge in [-0.25, -0.2) is 4.68 Å². The van der Waals surface area contributed by atoms with Crippen LogP contribution in [0.4, 0.5) is 5.69 Å². The smallest absolute Gasteiger partial charge is 0.276 e. The maximum atomic E-state index is 13.3. The maximum Gasteiger partial charge on any atom is 0.276 e. The standard InChI is InChI=1S/C28H26N6O2/c1-17-13-19(11-12-20(17)25-21-7-3-4-8-22(21)28(36)33(2)31-25)30-27(35)26-23-9-5-6-10-24(23)34(32-26)16-18-14-29-15-18/h3-13,18,29H,14-16H2,1-2H3,(H,30,35). The van der Waals surface area contributed by atoms with Crippen molar-refractivity contribution in [3.8, 4) is 11.3 Å². The van der Waals surface area contributed by atoms with Gasteiger partial charge in [0.05, 0.1) is 16.6 Å². The van der Waals surface area contributed by atoms with Crippen LogP contribution in [0.3, 0.4) is 0 Å². The third kappa shape index (κ3) is 3.76. The van der Waals surface area contributed by atoms with Gasteiger partial charge in [0.15, 0.2) is 5.69 Å². The van der Waals surface area contributed by atoms with Crippen molar-refractivity contribution in [1.82, 2.24) is 24.9 Å². The molecule has 0 unspecified atom stereocenters. The van der Waals surface area contributed by atoms with E-state index in [9.17, 15) is 9.59 Å². The summed E-state index contributed by atoms with van der Waals surface area (Å²) in [5.41, 5.74) is 4.52. The number of anilines is 1. The van der Waals surface area contributed by atoms with Crippen LogP contribution in [0.15, 0.2) is 71.5 Å². The fraction of sp³-hybridized carbons (Fsp3) is 0.214. The number of carbonyl (C=O) groups is 1. The quantitative estimate of drug-likeness (QED) is 0.402. The number of nitrogens with one attached hydrogen (secondary N) is 2. The van der Waals surface area contributed by atoms with Crippen molar-refractivity contribution in [2.24, 2.45) is 13.0 Å². The van der Waals surface area contributed by atoms with Crippen molar-refractivity contribution in [2.75, 3.05) is 18.4 Å². The van der Waals surface area contributed by atoms with E-state index >= 15 is 0 Å². The molecule has 2 N–H and O–H groups in total. The third-order valence-corrected chi connectivity index (χ3v) is 6.87. The number of benzene rings is 3. The molecule has 6 rings (SSSR count). The van der Waals surface area contributed by atoms with E-state index in [0.29, 0.717) is 22.7 Å². The van der Waals surface area contributed by atoms with Crippen LogP contribution >= 0.6 is 0 Å². The van der Waals surface area contributed by atoms with Gasteiger partial charge in [0.1, 0.15) is 0 Å². The van der Waals surface area contributed by atoms with E-state index in [1.54, 1.807) is 7.05 Å². The first-order valence-electron chi connectivity index (χ1n) is 12.0. The second-order valence-corrected chi connectivity index (χ2v) is 9.38. The Bertz CT molecular complexity index is 1700. The molecule has 1 aliphatic rings. The molecule has 1 amide bonds. The van der Waals surface area contributed by atoms with Crippen LogP contribution in [-0.2, 0) is 13.6 Å². The first-order chi connectivity index (χ1) is 17.5. The van der Waals surface area contributed by atoms with Crippen molar-refractivity contribution < 1.29 is 4.79 Å². The highest BCUT2D eigenvalue weighted by Gasteiger charge is 2.22. The summed E-state index contributed by atoms with van der Waals surface area (Å²) < 4.78 is 3.31. The van der Waals surface area contributed by atoms with Gasteiger partial charge in [-0.2, -0.15) is 10.2 Å². The first-order valence-corrected chi connectivity index (χ1v) is 12.0. The minimum atomic E-state index is -0.241. The molecule has 0 saturated carbocycles. The van der Waals surface area contributed by atoms with Crippen LogP contribution in [0.25, 0.3) is 32.9 Å². The van der Waals surface area contributed by atoms with Crippen molar-refractivity contribution in [2.45, 2.75) is 13.5 Å². The summed E-state index contributed by atoms with van der Waals surface area (Å²) in [6, 6.07) is 21.1. The highest BCUT2D eigenvalue weighted by molar-refractivity contribution is 6.11. The summed E-state index contributed by atoms with van der Waals surface area (Å²) in [4.78, 5) is 25.8. The highest BCUT2D eigenvalue weighted by atomic mass is 16.2. The van der Waals surface area contributed by atoms with E-state index in [2.05, 4.69) is 20.8 Å². The Hall–Kier alpha value is -4.30. The van der Waals surface area contributed by atoms with Crippen LogP contribution in [0.5, 0.6) is 0 Å². The van der Waals surface area contributed by atoms with Gasteiger partial charge in [-0.05, 0) is 36.8 Å². The van der Waals surface area contributed by atoms with Gasteiger partial charge < -0.3 is 10.6 Å². The second-order valence-electron chi connectivity index (χ2n) is 9.38. The predicted molar refractivity (Wildman–Crippen MR) is 141 cm³/mol. The molecule has 36 heavy (non-hydrogen) atoms. The van der Waals surface area contributed by atoms with Gasteiger partial charge in [0, 0.05) is 54.6 Å². The van der Waals surface area contributed by atoms with Crippen molar-refractivity contribution >= 4 is 33.3 Å². The summed E-state index contributed by atoms with van der Waals surface area (Å²) >= 11 is 0. The van der Waals surface area contributed by atoms with Crippen LogP contribution in [0.1, 0.15) is 16.1 Å². The molecule has 8 heteroatoms. The molecule has 1 fully saturated rings. The third-order valence-electron chi connectivity index (χ3n) is 6.87. The molecule has 180 valence electrons. The molecule has 0 radical (unpaired) electrons. The molecule has 1 saturated heterocycles. The van der Waals surface area contributed by atoms with Gasteiger partial charge in [-0.3, -0.25) is 14.3 Å². The normalized spacial score (nSPS) is 13.7. The van der Waals surface area contributed by atoms with Crippen molar-refractivity contribution in [3.63, 3.8) is 0 Å². The molecular formula is C28H26N6O2. The second kappa shape index (κ2) is 8.73. The Morgan fingerprint density at radius 2 is 1.72 bits per heavy atom. The van der Waals surface area contributed by atoms with Crippen LogP contribution in [-0.4, -0.2) is 38.6 Å². The lowest BCUT2D eigenvalue weighted by molar-refractivity contribution is 0.102. The molecule has 8 nitrogen and oxygen atoms in total. The van der Waals surface area contributed by atoms with Crippen molar-refractivity contribution in [3.05, 3.63) is 88.3 Å². The Kier molecular flexibility index (Phi) is 5.38. The summed E-state index contributed by atoms with van der Waals surface area (Å²) in [5.74, 6) is 0.288. The number of fused-ring (bicyclic) bond motifs is 2. The Morgan fingerprint density at radius 1 is 1.00 bits per heavy atom. The van der Waals surface area contributed by atoms with Gasteiger partial charge in [-0.15, -0.1) is 0 Å². The molecule has 0 spiro atoms. The summed E-state index contributed by atoms with van der Waals surface area (Å²) in [6.45, 7) is 4.71. The minimum Gasteiger partial charge on any atom is -0.321 e. The number of carbonyl (C=O) groups excluding carboxylic acids is 1. The average molecular weight is 479 g/mol.